The lowest BCUT2D eigenvalue weighted by Gasteiger charge is -2.22. The van der Waals surface area contributed by atoms with E-state index in [-0.39, 0.29) is 0 Å². The highest BCUT2D eigenvalue weighted by atomic mass is 32.2. The summed E-state index contributed by atoms with van der Waals surface area (Å²) in [5.41, 5.74) is 1.42. The molecule has 6 heteroatoms. The van der Waals surface area contributed by atoms with Gasteiger partial charge in [0.25, 0.3) is 10.2 Å². The number of nitrogens with zero attached hydrogens (tertiary/aromatic N) is 2. The summed E-state index contributed by atoms with van der Waals surface area (Å²) in [4.78, 5) is 2.44. The quantitative estimate of drug-likeness (QED) is 0.722. The second-order valence-corrected chi connectivity index (χ2v) is 8.77. The summed E-state index contributed by atoms with van der Waals surface area (Å²) in [6.45, 7) is 9.35. The standard InChI is InChI=1S/C17H33N3O2S/c1-3-8-16(2)14-19-12-9-17(15-19)13-18-23(21,22)20-10-6-4-5-7-11-20/h8,17-18H,3-7,9-15H2,1-2H3/b16-8+. The van der Waals surface area contributed by atoms with Crippen LogP contribution in [0.3, 0.4) is 0 Å². The molecule has 2 fully saturated rings. The van der Waals surface area contributed by atoms with Crippen molar-refractivity contribution in [2.24, 2.45) is 5.92 Å². The van der Waals surface area contributed by atoms with Crippen molar-refractivity contribution in [3.05, 3.63) is 11.6 Å². The Balaban J connectivity index is 1.76. The van der Waals surface area contributed by atoms with Crippen molar-refractivity contribution >= 4 is 10.2 Å². The van der Waals surface area contributed by atoms with Crippen LogP contribution in [0.5, 0.6) is 0 Å². The molecular weight excluding hydrogens is 310 g/mol. The van der Waals surface area contributed by atoms with E-state index in [1.54, 1.807) is 4.31 Å². The van der Waals surface area contributed by atoms with Crippen molar-refractivity contribution in [2.75, 3.05) is 39.3 Å². The van der Waals surface area contributed by atoms with E-state index in [4.69, 9.17) is 0 Å². The summed E-state index contributed by atoms with van der Waals surface area (Å²) in [7, 11) is -3.29. The number of allylic oxidation sites excluding steroid dienone is 1. The second kappa shape index (κ2) is 9.16. The Hall–Kier alpha value is -0.430. The predicted octanol–water partition coefficient (Wildman–Crippen LogP) is 2.38. The van der Waals surface area contributed by atoms with Gasteiger partial charge >= 0.3 is 0 Å². The molecule has 134 valence electrons. The minimum atomic E-state index is -3.29. The molecule has 1 N–H and O–H groups in total. The Labute approximate surface area is 142 Å². The van der Waals surface area contributed by atoms with Crippen LogP contribution in [0.4, 0.5) is 0 Å². The summed E-state index contributed by atoms with van der Waals surface area (Å²) in [6, 6.07) is 0. The fourth-order valence-corrected chi connectivity index (χ4v) is 4.95. The monoisotopic (exact) mass is 343 g/mol. The van der Waals surface area contributed by atoms with E-state index in [0.717, 1.165) is 58.2 Å². The van der Waals surface area contributed by atoms with E-state index in [0.29, 0.717) is 25.6 Å². The average Bonchev–Trinajstić information content (AvgIpc) is 2.76. The number of nitrogens with one attached hydrogen (secondary N) is 1. The highest BCUT2D eigenvalue weighted by Gasteiger charge is 2.27. The predicted molar refractivity (Wildman–Crippen MR) is 95.6 cm³/mol. The summed E-state index contributed by atoms with van der Waals surface area (Å²) < 4.78 is 29.4. The fourth-order valence-electron chi connectivity index (χ4n) is 3.59. The molecule has 2 heterocycles. The first-order valence-electron chi connectivity index (χ1n) is 9.14. The van der Waals surface area contributed by atoms with E-state index < -0.39 is 10.2 Å². The number of hydrogen-bond acceptors (Lipinski definition) is 3. The molecule has 0 bridgehead atoms. The zero-order chi connectivity index (χ0) is 16.7. The van der Waals surface area contributed by atoms with Gasteiger partial charge in [0.2, 0.25) is 0 Å². The largest absolute Gasteiger partial charge is 0.299 e. The molecule has 1 unspecified atom stereocenters. The van der Waals surface area contributed by atoms with Crippen molar-refractivity contribution in [3.8, 4) is 0 Å². The number of likely N-dealkylation sites (tertiary alicyclic amines) is 1. The smallest absolute Gasteiger partial charge is 0.279 e. The Morgan fingerprint density at radius 1 is 1.17 bits per heavy atom. The highest BCUT2D eigenvalue weighted by Crippen LogP contribution is 2.18. The Morgan fingerprint density at radius 2 is 1.87 bits per heavy atom. The van der Waals surface area contributed by atoms with E-state index >= 15 is 0 Å². The molecule has 23 heavy (non-hydrogen) atoms. The van der Waals surface area contributed by atoms with Crippen LogP contribution < -0.4 is 4.72 Å². The third-order valence-electron chi connectivity index (χ3n) is 4.85. The summed E-state index contributed by atoms with van der Waals surface area (Å²) in [5, 5.41) is 0. The molecule has 5 nitrogen and oxygen atoms in total. The molecule has 0 aliphatic carbocycles. The molecule has 2 aliphatic rings. The lowest BCUT2D eigenvalue weighted by molar-refractivity contribution is 0.349. The number of hydrogen-bond donors (Lipinski definition) is 1. The fraction of sp³-hybridized carbons (Fsp3) is 0.882. The van der Waals surface area contributed by atoms with Crippen molar-refractivity contribution in [3.63, 3.8) is 0 Å². The lowest BCUT2D eigenvalue weighted by atomic mass is 10.1. The first-order valence-corrected chi connectivity index (χ1v) is 10.6. The maximum absolute atomic E-state index is 12.4. The first-order chi connectivity index (χ1) is 11.0. The topological polar surface area (TPSA) is 52.7 Å². The minimum Gasteiger partial charge on any atom is -0.299 e. The summed E-state index contributed by atoms with van der Waals surface area (Å²) >= 11 is 0. The van der Waals surface area contributed by atoms with E-state index in [1.807, 2.05) is 0 Å². The van der Waals surface area contributed by atoms with Gasteiger partial charge in [-0.1, -0.05) is 31.4 Å². The van der Waals surface area contributed by atoms with Crippen LogP contribution in [0.1, 0.15) is 52.4 Å². The number of rotatable bonds is 7. The lowest BCUT2D eigenvalue weighted by Crippen LogP contribution is -2.43. The van der Waals surface area contributed by atoms with Crippen LogP contribution in [0.25, 0.3) is 0 Å². The van der Waals surface area contributed by atoms with Gasteiger partial charge in [-0.05, 0) is 45.1 Å². The Kier molecular flexibility index (Phi) is 7.53. The highest BCUT2D eigenvalue weighted by molar-refractivity contribution is 7.87. The van der Waals surface area contributed by atoms with Gasteiger partial charge in [-0.2, -0.15) is 12.7 Å². The first kappa shape index (κ1) is 18.9. The van der Waals surface area contributed by atoms with Crippen molar-refractivity contribution in [1.82, 2.24) is 13.9 Å². The Bertz CT molecular complexity index is 482. The third-order valence-corrected chi connectivity index (χ3v) is 6.43. The molecule has 0 saturated carbocycles. The van der Waals surface area contributed by atoms with Gasteiger partial charge in [-0.15, -0.1) is 0 Å². The van der Waals surface area contributed by atoms with Crippen LogP contribution in [-0.4, -0.2) is 56.9 Å². The van der Waals surface area contributed by atoms with Crippen LogP contribution in [0, 0.1) is 5.92 Å². The molecule has 0 aromatic carbocycles. The zero-order valence-electron chi connectivity index (χ0n) is 14.8. The zero-order valence-corrected chi connectivity index (χ0v) is 15.6. The molecule has 0 amide bonds. The van der Waals surface area contributed by atoms with E-state index in [1.165, 1.54) is 5.57 Å². The molecule has 0 aromatic heterocycles. The van der Waals surface area contributed by atoms with Crippen LogP contribution in [0.2, 0.25) is 0 Å². The maximum Gasteiger partial charge on any atom is 0.279 e. The SMILES string of the molecule is CC/C=C(\C)CN1CCC(CNS(=O)(=O)N2CCCCCC2)C1. The normalized spacial score (nSPS) is 25.7. The average molecular weight is 344 g/mol. The van der Waals surface area contributed by atoms with Gasteiger partial charge in [0.1, 0.15) is 0 Å². The molecule has 1 atom stereocenters. The molecule has 0 radical (unpaired) electrons. The van der Waals surface area contributed by atoms with E-state index in [2.05, 4.69) is 29.5 Å². The van der Waals surface area contributed by atoms with Crippen LogP contribution in [0.15, 0.2) is 11.6 Å². The molecule has 2 aliphatic heterocycles. The molecule has 2 rings (SSSR count). The van der Waals surface area contributed by atoms with Crippen LogP contribution >= 0.6 is 0 Å². The van der Waals surface area contributed by atoms with Crippen molar-refractivity contribution in [1.29, 1.82) is 0 Å². The van der Waals surface area contributed by atoms with Gasteiger partial charge in [0.05, 0.1) is 0 Å². The van der Waals surface area contributed by atoms with Gasteiger partial charge in [-0.25, -0.2) is 4.72 Å². The van der Waals surface area contributed by atoms with Crippen molar-refractivity contribution < 1.29 is 8.42 Å². The second-order valence-electron chi connectivity index (χ2n) is 7.02. The molecular formula is C17H33N3O2S. The van der Waals surface area contributed by atoms with Gasteiger partial charge < -0.3 is 0 Å². The Morgan fingerprint density at radius 3 is 2.52 bits per heavy atom. The molecule has 0 aromatic rings. The maximum atomic E-state index is 12.4. The van der Waals surface area contributed by atoms with Crippen molar-refractivity contribution in [2.45, 2.75) is 52.4 Å². The van der Waals surface area contributed by atoms with Gasteiger partial charge in [0.15, 0.2) is 0 Å². The van der Waals surface area contributed by atoms with Gasteiger partial charge in [0, 0.05) is 32.7 Å². The molecule has 0 spiro atoms. The van der Waals surface area contributed by atoms with E-state index in [9.17, 15) is 8.42 Å². The molecule has 2 saturated heterocycles. The third kappa shape index (κ3) is 6.18. The summed E-state index contributed by atoms with van der Waals surface area (Å²) in [5.74, 6) is 0.436. The van der Waals surface area contributed by atoms with Crippen LogP contribution in [-0.2, 0) is 10.2 Å². The summed E-state index contributed by atoms with van der Waals surface area (Å²) in [6.07, 6.45) is 8.71. The van der Waals surface area contributed by atoms with Gasteiger partial charge in [-0.3, -0.25) is 4.90 Å². The minimum absolute atomic E-state index is 0.436.